The van der Waals surface area contributed by atoms with Crippen LogP contribution in [0.5, 0.6) is 5.75 Å². The lowest BCUT2D eigenvalue weighted by Gasteiger charge is -2.14. The summed E-state index contributed by atoms with van der Waals surface area (Å²) in [6, 6.07) is 2.85. The van der Waals surface area contributed by atoms with Crippen LogP contribution in [0.2, 0.25) is 0 Å². The lowest BCUT2D eigenvalue weighted by atomic mass is 10.0. The van der Waals surface area contributed by atoms with Crippen LogP contribution in [0.3, 0.4) is 0 Å². The molecule has 23 heavy (non-hydrogen) atoms. The summed E-state index contributed by atoms with van der Waals surface area (Å²) in [5.74, 6) is -0.135. The molecule has 0 saturated heterocycles. The van der Waals surface area contributed by atoms with Gasteiger partial charge >= 0.3 is 6.18 Å². The molecular formula is C16H22F3N3O. The molecule has 4 nitrogen and oxygen atoms in total. The van der Waals surface area contributed by atoms with Crippen molar-refractivity contribution in [1.82, 2.24) is 5.32 Å². The summed E-state index contributed by atoms with van der Waals surface area (Å²) in [5, 5.41) is 12.9. The number of hydrogen-bond acceptors (Lipinski definition) is 4. The van der Waals surface area contributed by atoms with E-state index in [2.05, 4.69) is 5.32 Å². The highest BCUT2D eigenvalue weighted by molar-refractivity contribution is 5.72. The Balaban J connectivity index is 3.12. The normalized spacial score (nSPS) is 15.1. The summed E-state index contributed by atoms with van der Waals surface area (Å²) in [4.78, 5) is 0. The first-order valence-electron chi connectivity index (χ1n) is 7.16. The molecule has 0 aromatic heterocycles. The lowest BCUT2D eigenvalue weighted by Crippen LogP contribution is -2.29. The van der Waals surface area contributed by atoms with Gasteiger partial charge in [0, 0.05) is 17.3 Å². The van der Waals surface area contributed by atoms with Crippen molar-refractivity contribution in [1.29, 1.82) is 0 Å². The van der Waals surface area contributed by atoms with Gasteiger partial charge in [0.15, 0.2) is 0 Å². The van der Waals surface area contributed by atoms with E-state index in [0.717, 1.165) is 18.6 Å². The Morgan fingerprint density at radius 3 is 2.43 bits per heavy atom. The topological polar surface area (TPSA) is 84.3 Å². The van der Waals surface area contributed by atoms with E-state index in [-0.39, 0.29) is 17.3 Å². The van der Waals surface area contributed by atoms with Gasteiger partial charge in [-0.15, -0.1) is 0 Å². The third-order valence-electron chi connectivity index (χ3n) is 3.44. The van der Waals surface area contributed by atoms with Gasteiger partial charge in [-0.2, -0.15) is 13.2 Å². The molecule has 0 aliphatic heterocycles. The summed E-state index contributed by atoms with van der Waals surface area (Å²) in [7, 11) is 0. The second-order valence-electron chi connectivity index (χ2n) is 5.38. The number of rotatable bonds is 5. The molecule has 0 aliphatic carbocycles. The van der Waals surface area contributed by atoms with Crippen LogP contribution in [-0.4, -0.2) is 11.1 Å². The molecule has 0 heterocycles. The molecular weight excluding hydrogens is 307 g/mol. The van der Waals surface area contributed by atoms with Crippen LogP contribution in [0.4, 0.5) is 13.2 Å². The molecule has 0 fully saturated rings. The van der Waals surface area contributed by atoms with Gasteiger partial charge in [-0.25, -0.2) is 0 Å². The van der Waals surface area contributed by atoms with Crippen molar-refractivity contribution >= 4 is 5.70 Å². The fraction of sp³-hybridized carbons (Fsp3) is 0.375. The molecule has 128 valence electrons. The molecule has 1 rings (SSSR count). The largest absolute Gasteiger partial charge is 0.507 e. The second-order valence-corrected chi connectivity index (χ2v) is 5.38. The van der Waals surface area contributed by atoms with Crippen molar-refractivity contribution in [2.45, 2.75) is 39.4 Å². The first-order chi connectivity index (χ1) is 10.6. The highest BCUT2D eigenvalue weighted by Gasteiger charge is 2.31. The zero-order valence-electron chi connectivity index (χ0n) is 13.3. The Labute approximate surface area is 133 Å². The molecule has 1 aromatic carbocycles. The molecule has 0 saturated carbocycles. The first-order valence-corrected chi connectivity index (χ1v) is 7.16. The second kappa shape index (κ2) is 7.30. The molecule has 7 heteroatoms. The maximum atomic E-state index is 12.6. The van der Waals surface area contributed by atoms with Gasteiger partial charge in [0.05, 0.1) is 11.4 Å². The summed E-state index contributed by atoms with van der Waals surface area (Å²) < 4.78 is 37.8. The Kier molecular flexibility index (Phi) is 5.95. The maximum Gasteiger partial charge on any atom is 0.416 e. The quantitative estimate of drug-likeness (QED) is 0.625. The number of phenolic OH excluding ortho intramolecular Hbond substituents is 1. The van der Waals surface area contributed by atoms with E-state index in [1.54, 1.807) is 13.0 Å². The average molecular weight is 329 g/mol. The summed E-state index contributed by atoms with van der Waals surface area (Å²) in [5.41, 5.74) is 11.6. The van der Waals surface area contributed by atoms with Crippen LogP contribution in [0, 0.1) is 0 Å². The van der Waals surface area contributed by atoms with Crippen molar-refractivity contribution in [3.05, 3.63) is 46.8 Å². The monoisotopic (exact) mass is 329 g/mol. The minimum Gasteiger partial charge on any atom is -0.507 e. The number of alkyl halides is 3. The van der Waals surface area contributed by atoms with Crippen LogP contribution < -0.4 is 16.8 Å². The molecule has 1 unspecified atom stereocenters. The molecule has 1 atom stereocenters. The van der Waals surface area contributed by atoms with Gasteiger partial charge in [0.1, 0.15) is 5.75 Å². The fourth-order valence-corrected chi connectivity index (χ4v) is 1.89. The van der Waals surface area contributed by atoms with Gasteiger partial charge in [0.2, 0.25) is 0 Å². The zero-order chi connectivity index (χ0) is 17.8. The minimum absolute atomic E-state index is 0.128. The number of nitrogens with one attached hydrogen (secondary N) is 1. The van der Waals surface area contributed by atoms with Crippen molar-refractivity contribution in [3.8, 4) is 5.75 Å². The van der Waals surface area contributed by atoms with E-state index >= 15 is 0 Å². The molecule has 0 radical (unpaired) electrons. The van der Waals surface area contributed by atoms with Gasteiger partial charge in [0.25, 0.3) is 0 Å². The average Bonchev–Trinajstić information content (AvgIpc) is 2.45. The van der Waals surface area contributed by atoms with E-state index in [0.29, 0.717) is 17.5 Å². The number of benzene rings is 1. The summed E-state index contributed by atoms with van der Waals surface area (Å²) in [6.45, 7) is 5.63. The van der Waals surface area contributed by atoms with Crippen LogP contribution in [0.25, 0.3) is 5.70 Å². The number of nitrogens with two attached hydrogens (primary N) is 2. The predicted molar refractivity (Wildman–Crippen MR) is 85.0 cm³/mol. The maximum absolute atomic E-state index is 12.6. The predicted octanol–water partition coefficient (Wildman–Crippen LogP) is 3.29. The number of halogens is 3. The van der Waals surface area contributed by atoms with Crippen molar-refractivity contribution < 1.29 is 18.3 Å². The SMILES string of the molecule is CCC(C)N/C(N)=C/C(C)=C(\N)c1ccc(C(F)(F)F)cc1O. The minimum atomic E-state index is -4.52. The smallest absolute Gasteiger partial charge is 0.416 e. The third-order valence-corrected chi connectivity index (χ3v) is 3.44. The van der Waals surface area contributed by atoms with Crippen molar-refractivity contribution in [2.75, 3.05) is 0 Å². The third kappa shape index (κ3) is 5.12. The Bertz CT molecular complexity index is 621. The molecule has 6 N–H and O–H groups in total. The van der Waals surface area contributed by atoms with Gasteiger partial charge in [-0.05, 0) is 50.1 Å². The van der Waals surface area contributed by atoms with Gasteiger partial charge < -0.3 is 21.9 Å². The standard InChI is InChI=1S/C16H22F3N3O/c1-4-10(3)22-14(20)7-9(2)15(21)12-6-5-11(8-13(12)23)16(17,18)19/h5-8,10,22-23H,4,20-21H2,1-3H3/b14-7+,15-9-. The van der Waals surface area contributed by atoms with Gasteiger partial charge in [-0.1, -0.05) is 6.92 Å². The number of aromatic hydroxyl groups is 1. The zero-order valence-corrected chi connectivity index (χ0v) is 13.3. The van der Waals surface area contributed by atoms with E-state index < -0.39 is 17.5 Å². The van der Waals surface area contributed by atoms with Crippen molar-refractivity contribution in [2.24, 2.45) is 11.5 Å². The highest BCUT2D eigenvalue weighted by Crippen LogP contribution is 2.34. The molecule has 0 aliphatic rings. The lowest BCUT2D eigenvalue weighted by molar-refractivity contribution is -0.137. The van der Waals surface area contributed by atoms with Gasteiger partial charge in [-0.3, -0.25) is 0 Å². The van der Waals surface area contributed by atoms with Crippen LogP contribution in [0.1, 0.15) is 38.3 Å². The fourth-order valence-electron chi connectivity index (χ4n) is 1.89. The Hall–Kier alpha value is -2.31. The van der Waals surface area contributed by atoms with E-state index in [4.69, 9.17) is 11.5 Å². The number of phenols is 1. The Morgan fingerprint density at radius 2 is 1.96 bits per heavy atom. The van der Waals surface area contributed by atoms with Crippen LogP contribution in [0.15, 0.2) is 35.7 Å². The van der Waals surface area contributed by atoms with E-state index in [1.807, 2.05) is 13.8 Å². The van der Waals surface area contributed by atoms with Crippen molar-refractivity contribution in [3.63, 3.8) is 0 Å². The number of allylic oxidation sites excluding steroid dienone is 2. The molecule has 0 spiro atoms. The van der Waals surface area contributed by atoms with Crippen LogP contribution >= 0.6 is 0 Å². The molecule has 1 aromatic rings. The summed E-state index contributed by atoms with van der Waals surface area (Å²) >= 11 is 0. The highest BCUT2D eigenvalue weighted by atomic mass is 19.4. The number of hydrogen-bond donors (Lipinski definition) is 4. The summed E-state index contributed by atoms with van der Waals surface area (Å²) in [6.07, 6.45) is -2.06. The van der Waals surface area contributed by atoms with Crippen LogP contribution in [-0.2, 0) is 6.18 Å². The molecule has 0 bridgehead atoms. The Morgan fingerprint density at radius 1 is 1.35 bits per heavy atom. The van der Waals surface area contributed by atoms with E-state index in [9.17, 15) is 18.3 Å². The molecule has 0 amide bonds. The first kappa shape index (κ1) is 18.7. The van der Waals surface area contributed by atoms with E-state index in [1.165, 1.54) is 0 Å².